The molecule has 0 bridgehead atoms. The zero-order valence-electron chi connectivity index (χ0n) is 10.6. The lowest BCUT2D eigenvalue weighted by Crippen LogP contribution is -2.27. The maximum absolute atomic E-state index is 13.6. The standard InChI is InChI=1S/C14H11ClF2N2O/c1-19(8-10-11(15)3-2-4-12(10)16)14(20)9-5-6-13(17)18-7-9/h2-7H,8H2,1H3. The molecule has 1 aromatic carbocycles. The maximum atomic E-state index is 13.6. The average molecular weight is 297 g/mol. The number of nitrogens with zero attached hydrogens (tertiary/aromatic N) is 2. The molecule has 0 radical (unpaired) electrons. The van der Waals surface area contributed by atoms with Crippen LogP contribution in [0.25, 0.3) is 0 Å². The van der Waals surface area contributed by atoms with Gasteiger partial charge in [-0.1, -0.05) is 17.7 Å². The van der Waals surface area contributed by atoms with Crippen molar-refractivity contribution in [1.29, 1.82) is 0 Å². The molecule has 0 saturated heterocycles. The molecule has 1 aromatic heterocycles. The molecule has 0 unspecified atom stereocenters. The summed E-state index contributed by atoms with van der Waals surface area (Å²) in [6.45, 7) is 0.0156. The van der Waals surface area contributed by atoms with E-state index in [-0.39, 0.29) is 22.7 Å². The van der Waals surface area contributed by atoms with Crippen molar-refractivity contribution in [3.8, 4) is 0 Å². The molecular formula is C14H11ClF2N2O. The Morgan fingerprint density at radius 1 is 1.30 bits per heavy atom. The van der Waals surface area contributed by atoms with E-state index in [2.05, 4.69) is 4.98 Å². The minimum atomic E-state index is -0.665. The summed E-state index contributed by atoms with van der Waals surface area (Å²) in [5.41, 5.74) is 0.460. The number of carbonyl (C=O) groups excluding carboxylic acids is 1. The lowest BCUT2D eigenvalue weighted by Gasteiger charge is -2.18. The van der Waals surface area contributed by atoms with Gasteiger partial charge in [0.1, 0.15) is 5.82 Å². The highest BCUT2D eigenvalue weighted by Crippen LogP contribution is 2.21. The Labute approximate surface area is 119 Å². The molecule has 2 aromatic rings. The second-order valence-electron chi connectivity index (χ2n) is 4.23. The summed E-state index contributed by atoms with van der Waals surface area (Å²) in [5, 5.41) is 0.252. The second kappa shape index (κ2) is 5.96. The van der Waals surface area contributed by atoms with E-state index >= 15 is 0 Å². The summed E-state index contributed by atoms with van der Waals surface area (Å²) in [6.07, 6.45) is 1.14. The van der Waals surface area contributed by atoms with Gasteiger partial charge in [-0.15, -0.1) is 0 Å². The first-order chi connectivity index (χ1) is 9.49. The quantitative estimate of drug-likeness (QED) is 0.814. The summed E-state index contributed by atoms with van der Waals surface area (Å²) in [5.74, 6) is -1.53. The molecule has 0 N–H and O–H groups in total. The van der Waals surface area contributed by atoms with Gasteiger partial charge in [-0.05, 0) is 24.3 Å². The van der Waals surface area contributed by atoms with Crippen LogP contribution in [0.5, 0.6) is 0 Å². The summed E-state index contributed by atoms with van der Waals surface area (Å²) >= 11 is 5.91. The molecule has 6 heteroatoms. The lowest BCUT2D eigenvalue weighted by atomic mass is 10.2. The smallest absolute Gasteiger partial charge is 0.255 e. The fourth-order valence-corrected chi connectivity index (χ4v) is 1.94. The fourth-order valence-electron chi connectivity index (χ4n) is 1.72. The van der Waals surface area contributed by atoms with Gasteiger partial charge < -0.3 is 4.90 Å². The number of amides is 1. The largest absolute Gasteiger partial charge is 0.337 e. The van der Waals surface area contributed by atoms with Crippen LogP contribution in [0.3, 0.4) is 0 Å². The van der Waals surface area contributed by atoms with Crippen LogP contribution in [0.2, 0.25) is 5.02 Å². The Morgan fingerprint density at radius 2 is 2.05 bits per heavy atom. The van der Waals surface area contributed by atoms with Crippen LogP contribution in [0, 0.1) is 11.8 Å². The summed E-state index contributed by atoms with van der Waals surface area (Å²) in [4.78, 5) is 16.8. The molecule has 3 nitrogen and oxygen atoms in total. The Kier molecular flexibility index (Phi) is 4.29. The molecule has 0 aliphatic rings. The van der Waals surface area contributed by atoms with Gasteiger partial charge in [-0.25, -0.2) is 9.37 Å². The van der Waals surface area contributed by atoms with Gasteiger partial charge in [-0.2, -0.15) is 4.39 Å². The van der Waals surface area contributed by atoms with E-state index in [0.29, 0.717) is 0 Å². The van der Waals surface area contributed by atoms with Gasteiger partial charge in [0, 0.05) is 30.4 Å². The van der Waals surface area contributed by atoms with Gasteiger partial charge in [-0.3, -0.25) is 4.79 Å². The van der Waals surface area contributed by atoms with Crippen molar-refractivity contribution in [2.24, 2.45) is 0 Å². The monoisotopic (exact) mass is 296 g/mol. The number of halogens is 3. The highest BCUT2D eigenvalue weighted by molar-refractivity contribution is 6.31. The van der Waals surface area contributed by atoms with Crippen molar-refractivity contribution in [3.05, 3.63) is 64.4 Å². The van der Waals surface area contributed by atoms with Crippen LogP contribution in [-0.2, 0) is 6.54 Å². The molecule has 104 valence electrons. The molecule has 0 aliphatic carbocycles. The highest BCUT2D eigenvalue weighted by Gasteiger charge is 2.16. The van der Waals surface area contributed by atoms with Gasteiger partial charge in [0.2, 0.25) is 5.95 Å². The molecule has 0 saturated carbocycles. The minimum absolute atomic E-state index is 0.0156. The van der Waals surface area contributed by atoms with Crippen molar-refractivity contribution < 1.29 is 13.6 Å². The number of hydrogen-bond acceptors (Lipinski definition) is 2. The van der Waals surface area contributed by atoms with Crippen LogP contribution in [0.1, 0.15) is 15.9 Å². The van der Waals surface area contributed by atoms with E-state index in [1.54, 1.807) is 6.07 Å². The van der Waals surface area contributed by atoms with Crippen LogP contribution < -0.4 is 0 Å². The third-order valence-electron chi connectivity index (χ3n) is 2.78. The van der Waals surface area contributed by atoms with Crippen molar-refractivity contribution in [2.75, 3.05) is 7.05 Å². The number of benzene rings is 1. The fraction of sp³-hybridized carbons (Fsp3) is 0.143. The van der Waals surface area contributed by atoms with E-state index in [4.69, 9.17) is 11.6 Å². The number of carbonyl (C=O) groups is 1. The van der Waals surface area contributed by atoms with E-state index in [0.717, 1.165) is 12.3 Å². The minimum Gasteiger partial charge on any atom is -0.337 e. The van der Waals surface area contributed by atoms with Crippen LogP contribution in [0.4, 0.5) is 8.78 Å². The average Bonchev–Trinajstić information content (AvgIpc) is 2.43. The zero-order valence-corrected chi connectivity index (χ0v) is 11.4. The topological polar surface area (TPSA) is 33.2 Å². The molecule has 1 amide bonds. The Morgan fingerprint density at radius 3 is 2.65 bits per heavy atom. The predicted octanol–water partition coefficient (Wildman–Crippen LogP) is 3.29. The molecule has 0 spiro atoms. The second-order valence-corrected chi connectivity index (χ2v) is 4.64. The third-order valence-corrected chi connectivity index (χ3v) is 3.13. The molecule has 0 fully saturated rings. The van der Waals surface area contributed by atoms with Crippen molar-refractivity contribution in [1.82, 2.24) is 9.88 Å². The molecule has 0 atom stereocenters. The van der Waals surface area contributed by atoms with E-state index in [9.17, 15) is 13.6 Å². The molecule has 2 rings (SSSR count). The normalized spacial score (nSPS) is 10.4. The Hall–Kier alpha value is -2.01. The summed E-state index contributed by atoms with van der Waals surface area (Å²) in [7, 11) is 1.51. The number of pyridine rings is 1. The van der Waals surface area contributed by atoms with Crippen molar-refractivity contribution >= 4 is 17.5 Å². The Balaban J connectivity index is 2.17. The lowest BCUT2D eigenvalue weighted by molar-refractivity contribution is 0.0783. The maximum Gasteiger partial charge on any atom is 0.255 e. The highest BCUT2D eigenvalue weighted by atomic mass is 35.5. The molecule has 0 aliphatic heterocycles. The van der Waals surface area contributed by atoms with Crippen molar-refractivity contribution in [3.63, 3.8) is 0 Å². The van der Waals surface area contributed by atoms with Gasteiger partial charge in [0.05, 0.1) is 5.56 Å². The summed E-state index contributed by atoms with van der Waals surface area (Å²) < 4.78 is 26.3. The molecular weight excluding hydrogens is 286 g/mol. The first-order valence-electron chi connectivity index (χ1n) is 5.79. The van der Waals surface area contributed by atoms with Crippen LogP contribution in [0.15, 0.2) is 36.5 Å². The van der Waals surface area contributed by atoms with E-state index in [1.807, 2.05) is 0 Å². The number of rotatable bonds is 3. The first-order valence-corrected chi connectivity index (χ1v) is 6.16. The molecule has 1 heterocycles. The van der Waals surface area contributed by atoms with Crippen LogP contribution >= 0.6 is 11.6 Å². The van der Waals surface area contributed by atoms with E-state index in [1.165, 1.54) is 30.1 Å². The van der Waals surface area contributed by atoms with Gasteiger partial charge >= 0.3 is 0 Å². The SMILES string of the molecule is CN(Cc1c(F)cccc1Cl)C(=O)c1ccc(F)nc1. The summed E-state index contributed by atoms with van der Waals surface area (Å²) in [6, 6.07) is 6.74. The zero-order chi connectivity index (χ0) is 14.7. The Bertz CT molecular complexity index is 611. The van der Waals surface area contributed by atoms with Gasteiger partial charge in [0.25, 0.3) is 5.91 Å². The molecule has 20 heavy (non-hydrogen) atoms. The first kappa shape index (κ1) is 14.4. The van der Waals surface area contributed by atoms with E-state index < -0.39 is 17.7 Å². The van der Waals surface area contributed by atoms with Crippen LogP contribution in [-0.4, -0.2) is 22.8 Å². The number of aromatic nitrogens is 1. The van der Waals surface area contributed by atoms with Gasteiger partial charge in [0.15, 0.2) is 0 Å². The number of hydrogen-bond donors (Lipinski definition) is 0. The third kappa shape index (κ3) is 3.11. The van der Waals surface area contributed by atoms with Crippen molar-refractivity contribution in [2.45, 2.75) is 6.54 Å². The predicted molar refractivity (Wildman–Crippen MR) is 71.4 cm³/mol.